The third kappa shape index (κ3) is 4.27. The van der Waals surface area contributed by atoms with E-state index in [0.29, 0.717) is 31.5 Å². The van der Waals surface area contributed by atoms with Crippen molar-refractivity contribution in [2.24, 2.45) is 5.92 Å². The van der Waals surface area contributed by atoms with Crippen molar-refractivity contribution in [2.75, 3.05) is 13.1 Å². The van der Waals surface area contributed by atoms with Gasteiger partial charge >= 0.3 is 0 Å². The lowest BCUT2D eigenvalue weighted by molar-refractivity contribution is -0.126. The molecule has 1 aliphatic heterocycles. The number of piperidine rings is 1. The fraction of sp³-hybridized carbons (Fsp3) is 0.333. The normalized spacial score (nSPS) is 16.3. The van der Waals surface area contributed by atoms with Gasteiger partial charge in [-0.15, -0.1) is 0 Å². The first-order valence-corrected chi connectivity index (χ1v) is 8.85. The van der Waals surface area contributed by atoms with E-state index >= 15 is 0 Å². The molecule has 2 aromatic carbocycles. The fourth-order valence-corrected chi connectivity index (χ4v) is 3.26. The average Bonchev–Trinajstić information content (AvgIpc) is 2.69. The Bertz CT molecular complexity index is 707. The molecule has 0 radical (unpaired) electrons. The van der Waals surface area contributed by atoms with Crippen molar-refractivity contribution in [2.45, 2.75) is 25.8 Å². The fourth-order valence-electron chi connectivity index (χ4n) is 3.26. The van der Waals surface area contributed by atoms with Gasteiger partial charge in [-0.25, -0.2) is 0 Å². The van der Waals surface area contributed by atoms with Crippen LogP contribution in [0.5, 0.6) is 0 Å². The summed E-state index contributed by atoms with van der Waals surface area (Å²) in [5.41, 5.74) is 1.82. The number of rotatable bonds is 4. The number of carbonyl (C=O) groups is 2. The maximum atomic E-state index is 12.5. The van der Waals surface area contributed by atoms with Crippen molar-refractivity contribution in [3.05, 3.63) is 71.8 Å². The molecule has 1 heterocycles. The molecule has 130 valence electrons. The quantitative estimate of drug-likeness (QED) is 0.930. The maximum absolute atomic E-state index is 12.5. The van der Waals surface area contributed by atoms with Gasteiger partial charge in [-0.05, 0) is 37.5 Å². The highest BCUT2D eigenvalue weighted by atomic mass is 16.2. The van der Waals surface area contributed by atoms with Crippen LogP contribution in [-0.2, 0) is 4.79 Å². The number of carbonyl (C=O) groups excluding carboxylic acids is 2. The molecule has 1 N–H and O–H groups in total. The van der Waals surface area contributed by atoms with Crippen LogP contribution < -0.4 is 5.32 Å². The minimum atomic E-state index is -0.0222. The van der Waals surface area contributed by atoms with Crippen LogP contribution in [0.2, 0.25) is 0 Å². The summed E-state index contributed by atoms with van der Waals surface area (Å²) in [6.07, 6.45) is 1.43. The Labute approximate surface area is 148 Å². The highest BCUT2D eigenvalue weighted by Crippen LogP contribution is 2.21. The van der Waals surface area contributed by atoms with Crippen molar-refractivity contribution in [1.29, 1.82) is 0 Å². The molecule has 4 nitrogen and oxygen atoms in total. The van der Waals surface area contributed by atoms with Gasteiger partial charge in [0.15, 0.2) is 0 Å². The first kappa shape index (κ1) is 17.2. The third-order valence-electron chi connectivity index (χ3n) is 4.83. The predicted molar refractivity (Wildman–Crippen MR) is 98.1 cm³/mol. The molecule has 2 amide bonds. The topological polar surface area (TPSA) is 49.4 Å². The van der Waals surface area contributed by atoms with Gasteiger partial charge in [-0.2, -0.15) is 0 Å². The first-order valence-electron chi connectivity index (χ1n) is 8.85. The molecular formula is C21H24N2O2. The number of likely N-dealkylation sites (tertiary alicyclic amines) is 1. The number of nitrogens with zero attached hydrogens (tertiary/aromatic N) is 1. The van der Waals surface area contributed by atoms with E-state index in [-0.39, 0.29) is 23.8 Å². The van der Waals surface area contributed by atoms with Crippen molar-refractivity contribution in [3.63, 3.8) is 0 Å². The zero-order valence-electron chi connectivity index (χ0n) is 14.5. The molecule has 1 atom stereocenters. The van der Waals surface area contributed by atoms with Gasteiger partial charge in [0.25, 0.3) is 5.91 Å². The highest BCUT2D eigenvalue weighted by molar-refractivity contribution is 5.94. The highest BCUT2D eigenvalue weighted by Gasteiger charge is 2.28. The molecule has 0 spiro atoms. The van der Waals surface area contributed by atoms with E-state index in [1.165, 1.54) is 0 Å². The summed E-state index contributed by atoms with van der Waals surface area (Å²) >= 11 is 0. The van der Waals surface area contributed by atoms with E-state index in [1.54, 1.807) is 0 Å². The van der Waals surface area contributed by atoms with Gasteiger partial charge in [-0.1, -0.05) is 48.5 Å². The van der Waals surface area contributed by atoms with Crippen LogP contribution in [0, 0.1) is 5.92 Å². The molecule has 0 saturated carbocycles. The molecule has 2 aromatic rings. The maximum Gasteiger partial charge on any atom is 0.253 e. The Kier molecular flexibility index (Phi) is 5.49. The van der Waals surface area contributed by atoms with Crippen LogP contribution in [0.15, 0.2) is 60.7 Å². The summed E-state index contributed by atoms with van der Waals surface area (Å²) in [4.78, 5) is 26.8. The number of hydrogen-bond donors (Lipinski definition) is 1. The van der Waals surface area contributed by atoms with E-state index in [4.69, 9.17) is 0 Å². The van der Waals surface area contributed by atoms with Gasteiger partial charge in [0.1, 0.15) is 0 Å². The zero-order chi connectivity index (χ0) is 17.6. The molecule has 0 aromatic heterocycles. The third-order valence-corrected chi connectivity index (χ3v) is 4.83. The van der Waals surface area contributed by atoms with E-state index in [0.717, 1.165) is 5.56 Å². The Balaban J connectivity index is 1.52. The second-order valence-electron chi connectivity index (χ2n) is 6.57. The second kappa shape index (κ2) is 7.97. The zero-order valence-corrected chi connectivity index (χ0v) is 14.5. The van der Waals surface area contributed by atoms with Crippen LogP contribution in [0.3, 0.4) is 0 Å². The van der Waals surface area contributed by atoms with E-state index in [2.05, 4.69) is 5.32 Å². The SMILES string of the molecule is CC(NC(=O)C1CCN(C(=O)c2ccccc2)CC1)c1ccccc1. The Morgan fingerprint density at radius 3 is 2.12 bits per heavy atom. The standard InChI is InChI=1S/C21H24N2O2/c1-16(17-8-4-2-5-9-17)22-20(24)18-12-14-23(15-13-18)21(25)19-10-6-3-7-11-19/h2-11,16,18H,12-15H2,1H3,(H,22,24). The van der Waals surface area contributed by atoms with Crippen LogP contribution in [0.1, 0.15) is 41.7 Å². The molecule has 0 aliphatic carbocycles. The lowest BCUT2D eigenvalue weighted by atomic mass is 9.94. The molecule has 3 rings (SSSR count). The monoisotopic (exact) mass is 336 g/mol. The Hall–Kier alpha value is -2.62. The largest absolute Gasteiger partial charge is 0.349 e. The average molecular weight is 336 g/mol. The van der Waals surface area contributed by atoms with Crippen LogP contribution in [-0.4, -0.2) is 29.8 Å². The van der Waals surface area contributed by atoms with Gasteiger partial charge in [-0.3, -0.25) is 9.59 Å². The Morgan fingerprint density at radius 1 is 0.960 bits per heavy atom. The van der Waals surface area contributed by atoms with Gasteiger partial charge in [0.2, 0.25) is 5.91 Å². The van der Waals surface area contributed by atoms with Crippen molar-refractivity contribution >= 4 is 11.8 Å². The molecule has 4 heteroatoms. The van der Waals surface area contributed by atoms with Gasteiger partial charge < -0.3 is 10.2 Å². The van der Waals surface area contributed by atoms with Crippen LogP contribution in [0.4, 0.5) is 0 Å². The molecular weight excluding hydrogens is 312 g/mol. The summed E-state index contributed by atoms with van der Waals surface area (Å²) < 4.78 is 0. The molecule has 0 bridgehead atoms. The summed E-state index contributed by atoms with van der Waals surface area (Å²) in [5.74, 6) is 0.117. The van der Waals surface area contributed by atoms with E-state index in [9.17, 15) is 9.59 Å². The summed E-state index contributed by atoms with van der Waals surface area (Å²) in [6, 6.07) is 19.3. The smallest absolute Gasteiger partial charge is 0.253 e. The number of hydrogen-bond acceptors (Lipinski definition) is 2. The summed E-state index contributed by atoms with van der Waals surface area (Å²) in [6.45, 7) is 3.26. The van der Waals surface area contributed by atoms with Crippen LogP contribution >= 0.6 is 0 Å². The number of amides is 2. The Morgan fingerprint density at radius 2 is 1.52 bits per heavy atom. The molecule has 1 fully saturated rings. The molecule has 1 saturated heterocycles. The lowest BCUT2D eigenvalue weighted by Gasteiger charge is -2.32. The molecule has 1 aliphatic rings. The molecule has 1 unspecified atom stereocenters. The van der Waals surface area contributed by atoms with Gasteiger partial charge in [0, 0.05) is 24.6 Å². The summed E-state index contributed by atoms with van der Waals surface area (Å²) in [5, 5.41) is 3.10. The minimum absolute atomic E-state index is 0.00215. The van der Waals surface area contributed by atoms with Gasteiger partial charge in [0.05, 0.1) is 6.04 Å². The first-order chi connectivity index (χ1) is 12.1. The second-order valence-corrected chi connectivity index (χ2v) is 6.57. The van der Waals surface area contributed by atoms with E-state index < -0.39 is 0 Å². The molecule has 25 heavy (non-hydrogen) atoms. The lowest BCUT2D eigenvalue weighted by Crippen LogP contribution is -2.43. The predicted octanol–water partition coefficient (Wildman–Crippen LogP) is 3.42. The number of nitrogens with one attached hydrogen (secondary N) is 1. The van der Waals surface area contributed by atoms with Crippen molar-refractivity contribution in [3.8, 4) is 0 Å². The van der Waals surface area contributed by atoms with E-state index in [1.807, 2.05) is 72.5 Å². The van der Waals surface area contributed by atoms with Crippen molar-refractivity contribution < 1.29 is 9.59 Å². The minimum Gasteiger partial charge on any atom is -0.349 e. The van der Waals surface area contributed by atoms with Crippen molar-refractivity contribution in [1.82, 2.24) is 10.2 Å². The summed E-state index contributed by atoms with van der Waals surface area (Å²) in [7, 11) is 0. The number of benzene rings is 2. The van der Waals surface area contributed by atoms with Crippen LogP contribution in [0.25, 0.3) is 0 Å².